The second-order valence-electron chi connectivity index (χ2n) is 6.22. The average Bonchev–Trinajstić information content (AvgIpc) is 2.89. The molecule has 8 nitrogen and oxygen atoms in total. The first-order valence-electron chi connectivity index (χ1n) is 7.21. The summed E-state index contributed by atoms with van der Waals surface area (Å²) in [6, 6.07) is 0. The van der Waals surface area contributed by atoms with Crippen LogP contribution in [0.3, 0.4) is 0 Å². The first kappa shape index (κ1) is 15.7. The Balaban J connectivity index is 1.79. The Kier molecular flexibility index (Phi) is 3.93. The van der Waals surface area contributed by atoms with Crippen LogP contribution in [-0.4, -0.2) is 47.9 Å². The van der Waals surface area contributed by atoms with E-state index in [1.165, 1.54) is 6.20 Å². The average molecular weight is 337 g/mol. The number of halogens is 1. The van der Waals surface area contributed by atoms with Gasteiger partial charge in [0.1, 0.15) is 16.4 Å². The van der Waals surface area contributed by atoms with Crippen LogP contribution in [0.4, 0.5) is 4.79 Å². The van der Waals surface area contributed by atoms with Crippen molar-refractivity contribution in [2.45, 2.75) is 39.5 Å². The fourth-order valence-corrected chi connectivity index (χ4v) is 2.35. The SMILES string of the molecule is CC(C)(C)OC(=O)N1CCn2c(nnc2-c2cnc(Cl)cn2)C1. The van der Waals surface area contributed by atoms with Gasteiger partial charge in [0.05, 0.1) is 18.9 Å². The highest BCUT2D eigenvalue weighted by atomic mass is 35.5. The van der Waals surface area contributed by atoms with E-state index < -0.39 is 5.60 Å². The number of aromatic nitrogens is 5. The van der Waals surface area contributed by atoms with Gasteiger partial charge in [-0.05, 0) is 20.8 Å². The molecule has 0 fully saturated rings. The van der Waals surface area contributed by atoms with Crippen LogP contribution in [0.2, 0.25) is 5.15 Å². The number of carbonyl (C=O) groups excluding carboxylic acids is 1. The van der Waals surface area contributed by atoms with Crippen LogP contribution in [-0.2, 0) is 17.8 Å². The van der Waals surface area contributed by atoms with Crippen LogP contribution >= 0.6 is 11.6 Å². The summed E-state index contributed by atoms with van der Waals surface area (Å²) in [7, 11) is 0. The van der Waals surface area contributed by atoms with Crippen molar-refractivity contribution in [3.63, 3.8) is 0 Å². The minimum Gasteiger partial charge on any atom is -0.444 e. The van der Waals surface area contributed by atoms with E-state index in [2.05, 4.69) is 20.2 Å². The molecule has 122 valence electrons. The highest BCUT2D eigenvalue weighted by Crippen LogP contribution is 2.21. The Morgan fingerprint density at radius 3 is 2.65 bits per heavy atom. The number of rotatable bonds is 1. The molecule has 1 aliphatic rings. The summed E-state index contributed by atoms with van der Waals surface area (Å²) in [6.45, 7) is 6.97. The van der Waals surface area contributed by atoms with Gasteiger partial charge in [-0.25, -0.2) is 14.8 Å². The molecule has 1 aliphatic heterocycles. The van der Waals surface area contributed by atoms with Gasteiger partial charge in [-0.1, -0.05) is 11.6 Å². The van der Waals surface area contributed by atoms with Crippen LogP contribution in [0.15, 0.2) is 12.4 Å². The zero-order chi connectivity index (χ0) is 16.6. The van der Waals surface area contributed by atoms with Crippen LogP contribution in [0, 0.1) is 0 Å². The standard InChI is InChI=1S/C14H17ClN6O2/c1-14(2,3)23-13(22)20-4-5-21-11(8-20)18-19-12(21)9-6-17-10(15)7-16-9/h6-7H,4-5,8H2,1-3H3. The molecule has 23 heavy (non-hydrogen) atoms. The predicted octanol–water partition coefficient (Wildman–Crippen LogP) is 2.14. The number of hydrogen-bond donors (Lipinski definition) is 0. The molecule has 0 unspecified atom stereocenters. The Hall–Kier alpha value is -2.22. The van der Waals surface area contributed by atoms with Gasteiger partial charge in [0.15, 0.2) is 11.6 Å². The molecule has 0 radical (unpaired) electrons. The fraction of sp³-hybridized carbons (Fsp3) is 0.500. The van der Waals surface area contributed by atoms with Crippen molar-refractivity contribution < 1.29 is 9.53 Å². The highest BCUT2D eigenvalue weighted by molar-refractivity contribution is 6.29. The topological polar surface area (TPSA) is 86.0 Å². The molecular formula is C14H17ClN6O2. The van der Waals surface area contributed by atoms with Crippen LogP contribution in [0.1, 0.15) is 26.6 Å². The zero-order valence-corrected chi connectivity index (χ0v) is 13.9. The van der Waals surface area contributed by atoms with Gasteiger partial charge in [-0.2, -0.15) is 0 Å². The van der Waals surface area contributed by atoms with Crippen LogP contribution in [0.25, 0.3) is 11.5 Å². The summed E-state index contributed by atoms with van der Waals surface area (Å²) in [5.41, 5.74) is 0.0746. The number of nitrogens with zero attached hydrogens (tertiary/aromatic N) is 6. The lowest BCUT2D eigenvalue weighted by Gasteiger charge is -2.30. The molecule has 0 spiro atoms. The van der Waals surface area contributed by atoms with Gasteiger partial charge in [-0.15, -0.1) is 10.2 Å². The van der Waals surface area contributed by atoms with Gasteiger partial charge in [0.2, 0.25) is 0 Å². The number of carbonyl (C=O) groups is 1. The second-order valence-corrected chi connectivity index (χ2v) is 6.60. The third-order valence-electron chi connectivity index (χ3n) is 3.25. The lowest BCUT2D eigenvalue weighted by Crippen LogP contribution is -2.41. The summed E-state index contributed by atoms with van der Waals surface area (Å²) in [6.07, 6.45) is 2.67. The molecule has 3 heterocycles. The monoisotopic (exact) mass is 336 g/mol. The summed E-state index contributed by atoms with van der Waals surface area (Å²) in [5.74, 6) is 1.31. The summed E-state index contributed by atoms with van der Waals surface area (Å²) >= 11 is 5.75. The van der Waals surface area contributed by atoms with Crippen molar-refractivity contribution in [1.29, 1.82) is 0 Å². The maximum Gasteiger partial charge on any atom is 0.410 e. The van der Waals surface area contributed by atoms with Gasteiger partial charge < -0.3 is 9.30 Å². The molecule has 0 bridgehead atoms. The molecule has 9 heteroatoms. The third-order valence-corrected chi connectivity index (χ3v) is 3.45. The van der Waals surface area contributed by atoms with Crippen LogP contribution < -0.4 is 0 Å². The normalized spacial score (nSPS) is 14.5. The Morgan fingerprint density at radius 1 is 1.22 bits per heavy atom. The van der Waals surface area contributed by atoms with E-state index in [1.54, 1.807) is 11.1 Å². The lowest BCUT2D eigenvalue weighted by molar-refractivity contribution is 0.0196. The van der Waals surface area contributed by atoms with Crippen molar-refractivity contribution in [3.8, 4) is 11.5 Å². The molecule has 0 aliphatic carbocycles. The third kappa shape index (κ3) is 3.42. The second kappa shape index (κ2) is 5.77. The quantitative estimate of drug-likeness (QED) is 0.793. The van der Waals surface area contributed by atoms with E-state index in [0.29, 0.717) is 42.1 Å². The van der Waals surface area contributed by atoms with E-state index >= 15 is 0 Å². The van der Waals surface area contributed by atoms with Crippen LogP contribution in [0.5, 0.6) is 0 Å². The number of hydrogen-bond acceptors (Lipinski definition) is 6. The maximum absolute atomic E-state index is 12.1. The zero-order valence-electron chi connectivity index (χ0n) is 13.2. The Bertz CT molecular complexity index is 722. The van der Waals surface area contributed by atoms with Crippen molar-refractivity contribution in [1.82, 2.24) is 29.6 Å². The molecular weight excluding hydrogens is 320 g/mol. The largest absolute Gasteiger partial charge is 0.444 e. The highest BCUT2D eigenvalue weighted by Gasteiger charge is 2.28. The molecule has 3 rings (SSSR count). The fourth-order valence-electron chi connectivity index (χ4n) is 2.26. The van der Waals surface area contributed by atoms with E-state index in [-0.39, 0.29) is 6.09 Å². The molecule has 0 aromatic carbocycles. The van der Waals surface area contributed by atoms with Crippen molar-refractivity contribution >= 4 is 17.7 Å². The number of fused-ring (bicyclic) bond motifs is 1. The smallest absolute Gasteiger partial charge is 0.410 e. The van der Waals surface area contributed by atoms with Gasteiger partial charge in [0.25, 0.3) is 0 Å². The summed E-state index contributed by atoms with van der Waals surface area (Å²) < 4.78 is 7.32. The minimum absolute atomic E-state index is 0.322. The molecule has 0 atom stereocenters. The molecule has 0 saturated carbocycles. The van der Waals surface area contributed by atoms with Gasteiger partial charge in [-0.3, -0.25) is 4.90 Å². The van der Waals surface area contributed by atoms with Gasteiger partial charge in [0, 0.05) is 13.1 Å². The first-order valence-corrected chi connectivity index (χ1v) is 7.59. The maximum atomic E-state index is 12.1. The molecule has 1 amide bonds. The molecule has 0 saturated heterocycles. The molecule has 0 N–H and O–H groups in total. The summed E-state index contributed by atoms with van der Waals surface area (Å²) in [4.78, 5) is 22.0. The lowest BCUT2D eigenvalue weighted by atomic mass is 10.2. The van der Waals surface area contributed by atoms with Gasteiger partial charge >= 0.3 is 6.09 Å². The molecule has 2 aromatic rings. The van der Waals surface area contributed by atoms with E-state index in [9.17, 15) is 4.79 Å². The number of amides is 1. The predicted molar refractivity (Wildman–Crippen MR) is 82.7 cm³/mol. The molecule has 2 aromatic heterocycles. The first-order chi connectivity index (χ1) is 10.8. The van der Waals surface area contributed by atoms with Crippen molar-refractivity contribution in [2.75, 3.05) is 6.54 Å². The number of ether oxygens (including phenoxy) is 1. The minimum atomic E-state index is -0.522. The van der Waals surface area contributed by atoms with E-state index in [4.69, 9.17) is 16.3 Å². The summed E-state index contributed by atoms with van der Waals surface area (Å²) in [5, 5.41) is 8.62. The van der Waals surface area contributed by atoms with Crippen molar-refractivity contribution in [2.24, 2.45) is 0 Å². The Morgan fingerprint density at radius 2 is 2.00 bits per heavy atom. The van der Waals surface area contributed by atoms with E-state index in [1.807, 2.05) is 25.3 Å². The Labute approximate surface area is 138 Å². The van der Waals surface area contributed by atoms with E-state index in [0.717, 1.165) is 0 Å². The van der Waals surface area contributed by atoms with Crippen molar-refractivity contribution in [3.05, 3.63) is 23.4 Å².